The number of carbonyl (C=O) groups excluding carboxylic acids is 1. The fourth-order valence-corrected chi connectivity index (χ4v) is 1.12. The minimum atomic E-state index is -2.69. The summed E-state index contributed by atoms with van der Waals surface area (Å²) >= 11 is 0. The molecule has 0 bridgehead atoms. The lowest BCUT2D eigenvalue weighted by Gasteiger charge is -2.07. The highest BCUT2D eigenvalue weighted by Crippen LogP contribution is 2.20. The topological polar surface area (TPSA) is 52.1 Å². The van der Waals surface area contributed by atoms with Gasteiger partial charge in [-0.3, -0.25) is 0 Å². The first kappa shape index (κ1) is 11.5. The quantitative estimate of drug-likeness (QED) is 0.707. The van der Waals surface area contributed by atoms with E-state index in [-0.39, 0.29) is 17.1 Å². The number of hydrogen-bond acceptors (Lipinski definition) is 4. The molecule has 1 aromatic rings. The number of nitrogens with zero attached hydrogens (tertiary/aromatic N) is 2. The number of aryl methyl sites for hydroxylation is 2. The van der Waals surface area contributed by atoms with Gasteiger partial charge in [0.15, 0.2) is 5.69 Å². The molecule has 0 amide bonds. The Labute approximate surface area is 85.3 Å². The van der Waals surface area contributed by atoms with Gasteiger partial charge < -0.3 is 4.74 Å². The maximum absolute atomic E-state index is 12.4. The third kappa shape index (κ3) is 2.26. The number of ether oxygens (including phenoxy) is 1. The van der Waals surface area contributed by atoms with Gasteiger partial charge >= 0.3 is 5.97 Å². The third-order valence-corrected chi connectivity index (χ3v) is 1.87. The van der Waals surface area contributed by atoms with Gasteiger partial charge in [-0.25, -0.2) is 23.5 Å². The Bertz CT molecular complexity index is 394. The molecule has 0 spiro atoms. The molecular weight excluding hydrogens is 206 g/mol. The fourth-order valence-electron chi connectivity index (χ4n) is 1.12. The zero-order chi connectivity index (χ0) is 11.6. The molecule has 1 aromatic heterocycles. The highest BCUT2D eigenvalue weighted by Gasteiger charge is 2.19. The minimum absolute atomic E-state index is 0.0283. The summed E-state index contributed by atoms with van der Waals surface area (Å²) < 4.78 is 29.3. The number of carbonyl (C=O) groups is 1. The van der Waals surface area contributed by atoms with Crippen LogP contribution in [0.4, 0.5) is 8.78 Å². The Morgan fingerprint density at radius 3 is 2.33 bits per heavy atom. The predicted molar refractivity (Wildman–Crippen MR) is 47.8 cm³/mol. The predicted octanol–water partition coefficient (Wildman–Crippen LogP) is 1.82. The summed E-state index contributed by atoms with van der Waals surface area (Å²) in [6.45, 7) is 2.81. The second kappa shape index (κ2) is 4.29. The van der Waals surface area contributed by atoms with Crippen LogP contribution >= 0.6 is 0 Å². The summed E-state index contributed by atoms with van der Waals surface area (Å²) in [5, 5.41) is 0. The van der Waals surface area contributed by atoms with E-state index in [9.17, 15) is 13.6 Å². The first-order valence-electron chi connectivity index (χ1n) is 4.19. The Morgan fingerprint density at radius 2 is 1.87 bits per heavy atom. The molecule has 82 valence electrons. The fraction of sp³-hybridized carbons (Fsp3) is 0.444. The SMILES string of the molecule is COC(=O)c1nc(C)c(C(F)F)nc1C. The lowest BCUT2D eigenvalue weighted by atomic mass is 10.2. The van der Waals surface area contributed by atoms with Crippen LogP contribution in [0.1, 0.15) is 34.0 Å². The smallest absolute Gasteiger partial charge is 0.358 e. The lowest BCUT2D eigenvalue weighted by molar-refractivity contribution is 0.0591. The van der Waals surface area contributed by atoms with E-state index in [1.54, 1.807) is 0 Å². The number of aromatic nitrogens is 2. The van der Waals surface area contributed by atoms with Crippen molar-refractivity contribution in [3.63, 3.8) is 0 Å². The molecule has 0 aromatic carbocycles. The normalized spacial score (nSPS) is 10.5. The van der Waals surface area contributed by atoms with Crippen molar-refractivity contribution in [2.45, 2.75) is 20.3 Å². The van der Waals surface area contributed by atoms with E-state index in [4.69, 9.17) is 0 Å². The third-order valence-electron chi connectivity index (χ3n) is 1.87. The molecule has 15 heavy (non-hydrogen) atoms. The molecule has 0 N–H and O–H groups in total. The van der Waals surface area contributed by atoms with Gasteiger partial charge in [0, 0.05) is 0 Å². The van der Waals surface area contributed by atoms with Gasteiger partial charge in [0.05, 0.1) is 18.5 Å². The summed E-state index contributed by atoms with van der Waals surface area (Å²) in [5.74, 6) is -0.677. The molecule has 1 rings (SSSR count). The second-order valence-electron chi connectivity index (χ2n) is 2.92. The zero-order valence-corrected chi connectivity index (χ0v) is 8.54. The van der Waals surface area contributed by atoms with Gasteiger partial charge in [-0.15, -0.1) is 0 Å². The molecule has 0 aliphatic heterocycles. The standard InChI is InChI=1S/C9H10F2N2O2/c1-4-6(8(10)11)12-5(2)7(13-4)9(14)15-3/h8H,1-3H3. The van der Waals surface area contributed by atoms with Crippen molar-refractivity contribution in [1.29, 1.82) is 0 Å². The van der Waals surface area contributed by atoms with Crippen molar-refractivity contribution in [2.24, 2.45) is 0 Å². The monoisotopic (exact) mass is 216 g/mol. The summed E-state index contributed by atoms with van der Waals surface area (Å²) in [6, 6.07) is 0. The first-order chi connectivity index (χ1) is 6.97. The molecule has 0 saturated carbocycles. The Morgan fingerprint density at radius 1 is 1.27 bits per heavy atom. The molecule has 0 radical (unpaired) electrons. The summed E-state index contributed by atoms with van der Waals surface area (Å²) in [4.78, 5) is 18.5. The molecule has 0 aliphatic rings. The van der Waals surface area contributed by atoms with Crippen molar-refractivity contribution >= 4 is 5.97 Å². The molecule has 1 heterocycles. The van der Waals surface area contributed by atoms with E-state index < -0.39 is 18.1 Å². The number of hydrogen-bond donors (Lipinski definition) is 0. The van der Waals surface area contributed by atoms with E-state index >= 15 is 0 Å². The van der Waals surface area contributed by atoms with Crippen LogP contribution in [0.2, 0.25) is 0 Å². The molecule has 0 atom stereocenters. The Kier molecular flexibility index (Phi) is 3.28. The van der Waals surface area contributed by atoms with Gasteiger partial charge in [0.25, 0.3) is 6.43 Å². The lowest BCUT2D eigenvalue weighted by Crippen LogP contribution is -2.12. The molecule has 0 aliphatic carbocycles. The maximum Gasteiger partial charge on any atom is 0.358 e. The van der Waals surface area contributed by atoms with Crippen LogP contribution in [0.3, 0.4) is 0 Å². The Balaban J connectivity index is 3.25. The van der Waals surface area contributed by atoms with Crippen LogP contribution in [0, 0.1) is 13.8 Å². The largest absolute Gasteiger partial charge is 0.464 e. The van der Waals surface area contributed by atoms with Gasteiger partial charge in [-0.1, -0.05) is 0 Å². The number of alkyl halides is 2. The number of rotatable bonds is 2. The van der Waals surface area contributed by atoms with Crippen LogP contribution in [-0.4, -0.2) is 23.0 Å². The van der Waals surface area contributed by atoms with Gasteiger partial charge in [0.2, 0.25) is 0 Å². The molecule has 6 heteroatoms. The van der Waals surface area contributed by atoms with Crippen LogP contribution in [0.5, 0.6) is 0 Å². The number of esters is 1. The van der Waals surface area contributed by atoms with Crippen molar-refractivity contribution in [3.8, 4) is 0 Å². The van der Waals surface area contributed by atoms with Gasteiger partial charge in [-0.2, -0.15) is 0 Å². The number of methoxy groups -OCH3 is 1. The highest BCUT2D eigenvalue weighted by atomic mass is 19.3. The highest BCUT2D eigenvalue weighted by molar-refractivity contribution is 5.88. The van der Waals surface area contributed by atoms with Crippen molar-refractivity contribution in [2.75, 3.05) is 7.11 Å². The van der Waals surface area contributed by atoms with E-state index in [2.05, 4.69) is 14.7 Å². The van der Waals surface area contributed by atoms with E-state index in [1.807, 2.05) is 0 Å². The van der Waals surface area contributed by atoms with Crippen LogP contribution in [-0.2, 0) is 4.74 Å². The summed E-state index contributed by atoms with van der Waals surface area (Å²) in [5.41, 5.74) is -0.252. The van der Waals surface area contributed by atoms with E-state index in [1.165, 1.54) is 21.0 Å². The molecule has 0 unspecified atom stereocenters. The van der Waals surface area contributed by atoms with Crippen LogP contribution in [0.25, 0.3) is 0 Å². The van der Waals surface area contributed by atoms with Gasteiger partial charge in [0.1, 0.15) is 5.69 Å². The molecule has 0 fully saturated rings. The average Bonchev–Trinajstić information content (AvgIpc) is 2.19. The maximum atomic E-state index is 12.4. The number of halogens is 2. The second-order valence-corrected chi connectivity index (χ2v) is 2.92. The molecular formula is C9H10F2N2O2. The van der Waals surface area contributed by atoms with Crippen molar-refractivity contribution < 1.29 is 18.3 Å². The van der Waals surface area contributed by atoms with Crippen LogP contribution < -0.4 is 0 Å². The first-order valence-corrected chi connectivity index (χ1v) is 4.19. The zero-order valence-electron chi connectivity index (χ0n) is 8.54. The van der Waals surface area contributed by atoms with E-state index in [0.717, 1.165) is 0 Å². The van der Waals surface area contributed by atoms with Crippen LogP contribution in [0.15, 0.2) is 0 Å². The molecule has 4 nitrogen and oxygen atoms in total. The summed E-state index contributed by atoms with van der Waals surface area (Å²) in [6.07, 6.45) is -2.69. The molecule has 0 saturated heterocycles. The average molecular weight is 216 g/mol. The van der Waals surface area contributed by atoms with Crippen molar-refractivity contribution in [1.82, 2.24) is 9.97 Å². The Hall–Kier alpha value is -1.59. The van der Waals surface area contributed by atoms with Gasteiger partial charge in [-0.05, 0) is 13.8 Å². The minimum Gasteiger partial charge on any atom is -0.464 e. The van der Waals surface area contributed by atoms with E-state index in [0.29, 0.717) is 0 Å². The van der Waals surface area contributed by atoms with Crippen molar-refractivity contribution in [3.05, 3.63) is 22.8 Å². The summed E-state index contributed by atoms with van der Waals surface area (Å²) in [7, 11) is 1.19.